The van der Waals surface area contributed by atoms with Crippen LogP contribution in [0.1, 0.15) is 21.6 Å². The lowest BCUT2D eigenvalue weighted by Crippen LogP contribution is -2.24. The summed E-state index contributed by atoms with van der Waals surface area (Å²) >= 11 is 0. The van der Waals surface area contributed by atoms with Crippen molar-refractivity contribution < 1.29 is 9.53 Å². The lowest BCUT2D eigenvalue weighted by Gasteiger charge is -2.09. The van der Waals surface area contributed by atoms with Crippen molar-refractivity contribution in [1.29, 1.82) is 0 Å². The summed E-state index contributed by atoms with van der Waals surface area (Å²) in [6, 6.07) is 14.4. The highest BCUT2D eigenvalue weighted by Crippen LogP contribution is 2.13. The summed E-state index contributed by atoms with van der Waals surface area (Å²) < 4.78 is 6.12. The summed E-state index contributed by atoms with van der Waals surface area (Å²) in [6.07, 6.45) is 0. The molecule has 0 aliphatic rings. The molecule has 0 saturated heterocycles. The maximum atomic E-state index is 12.5. The van der Waals surface area contributed by atoms with E-state index in [1.165, 1.54) is 11.8 Å². The zero-order valence-corrected chi connectivity index (χ0v) is 12.9. The van der Waals surface area contributed by atoms with Crippen molar-refractivity contribution in [3.8, 4) is 0 Å². The molecule has 0 unspecified atom stereocenters. The molecule has 0 N–H and O–H groups in total. The van der Waals surface area contributed by atoms with Crippen LogP contribution in [0.15, 0.2) is 53.3 Å². The van der Waals surface area contributed by atoms with Gasteiger partial charge in [0.25, 0.3) is 5.56 Å². The second kappa shape index (κ2) is 6.04. The molecule has 3 aromatic rings. The summed E-state index contributed by atoms with van der Waals surface area (Å²) in [5, 5.41) is 5.91. The molecule has 0 amide bonds. The van der Waals surface area contributed by atoms with Crippen molar-refractivity contribution in [2.45, 2.75) is 13.5 Å². The van der Waals surface area contributed by atoms with Crippen LogP contribution in [0, 0.1) is 6.92 Å². The Morgan fingerprint density at radius 1 is 1.09 bits per heavy atom. The number of ether oxygens (including phenoxy) is 1. The third kappa shape index (κ3) is 2.85. The smallest absolute Gasteiger partial charge is 0.337 e. The van der Waals surface area contributed by atoms with Crippen molar-refractivity contribution in [2.24, 2.45) is 0 Å². The average molecular weight is 308 g/mol. The SMILES string of the molecule is COC(=O)c1ccc(Cn2nc(C)c3ccccc3c2=O)cc1. The minimum absolute atomic E-state index is 0.122. The van der Waals surface area contributed by atoms with Gasteiger partial charge in [0.2, 0.25) is 0 Å². The van der Waals surface area contributed by atoms with Gasteiger partial charge in [-0.1, -0.05) is 30.3 Å². The maximum absolute atomic E-state index is 12.5. The number of carbonyl (C=O) groups excluding carboxylic acids is 1. The average Bonchev–Trinajstić information content (AvgIpc) is 2.59. The number of methoxy groups -OCH3 is 1. The van der Waals surface area contributed by atoms with Crippen LogP contribution in [-0.2, 0) is 11.3 Å². The van der Waals surface area contributed by atoms with Gasteiger partial charge in [-0.15, -0.1) is 0 Å². The van der Waals surface area contributed by atoms with Gasteiger partial charge >= 0.3 is 5.97 Å². The zero-order valence-electron chi connectivity index (χ0n) is 12.9. The molecule has 0 aliphatic heterocycles. The van der Waals surface area contributed by atoms with Crippen LogP contribution in [0.25, 0.3) is 10.8 Å². The van der Waals surface area contributed by atoms with Gasteiger partial charge in [0.1, 0.15) is 0 Å². The number of nitrogens with zero attached hydrogens (tertiary/aromatic N) is 2. The minimum atomic E-state index is -0.381. The first-order chi connectivity index (χ1) is 11.1. The van der Waals surface area contributed by atoms with E-state index in [4.69, 9.17) is 0 Å². The van der Waals surface area contributed by atoms with Gasteiger partial charge in [0.15, 0.2) is 0 Å². The van der Waals surface area contributed by atoms with Gasteiger partial charge in [-0.05, 0) is 30.7 Å². The number of fused-ring (bicyclic) bond motifs is 1. The lowest BCUT2D eigenvalue weighted by atomic mass is 10.1. The lowest BCUT2D eigenvalue weighted by molar-refractivity contribution is 0.0600. The van der Waals surface area contributed by atoms with Crippen LogP contribution in [0.3, 0.4) is 0 Å². The molecule has 116 valence electrons. The predicted molar refractivity (Wildman–Crippen MR) is 87.6 cm³/mol. The van der Waals surface area contributed by atoms with E-state index in [2.05, 4.69) is 9.84 Å². The van der Waals surface area contributed by atoms with E-state index in [9.17, 15) is 9.59 Å². The molecule has 0 saturated carbocycles. The molecule has 1 aromatic heterocycles. The fourth-order valence-electron chi connectivity index (χ4n) is 2.55. The summed E-state index contributed by atoms with van der Waals surface area (Å²) in [4.78, 5) is 24.0. The molecule has 5 nitrogen and oxygen atoms in total. The summed E-state index contributed by atoms with van der Waals surface area (Å²) in [6.45, 7) is 2.24. The first kappa shape index (κ1) is 15.0. The molecule has 2 aromatic carbocycles. The number of hydrogen-bond acceptors (Lipinski definition) is 4. The number of carbonyl (C=O) groups is 1. The number of benzene rings is 2. The van der Waals surface area contributed by atoms with Crippen LogP contribution in [0.4, 0.5) is 0 Å². The van der Waals surface area contributed by atoms with E-state index in [0.29, 0.717) is 17.5 Å². The molecule has 5 heteroatoms. The standard InChI is InChI=1S/C18H16N2O3/c1-12-15-5-3-4-6-16(15)17(21)20(19-12)11-13-7-9-14(10-8-13)18(22)23-2/h3-10H,11H2,1-2H3. The minimum Gasteiger partial charge on any atom is -0.465 e. The van der Waals surface area contributed by atoms with E-state index in [1.54, 1.807) is 24.3 Å². The molecule has 0 fully saturated rings. The summed E-state index contributed by atoms with van der Waals surface area (Å²) in [7, 11) is 1.34. The van der Waals surface area contributed by atoms with Crippen LogP contribution in [-0.4, -0.2) is 22.9 Å². The van der Waals surface area contributed by atoms with Crippen molar-refractivity contribution in [1.82, 2.24) is 9.78 Å². The molecule has 0 atom stereocenters. The van der Waals surface area contributed by atoms with Crippen LogP contribution < -0.4 is 5.56 Å². The highest BCUT2D eigenvalue weighted by Gasteiger charge is 2.09. The summed E-state index contributed by atoms with van der Waals surface area (Å²) in [5.74, 6) is -0.381. The molecule has 0 aliphatic carbocycles. The first-order valence-electron chi connectivity index (χ1n) is 7.24. The molecule has 0 spiro atoms. The monoisotopic (exact) mass is 308 g/mol. The third-order valence-electron chi connectivity index (χ3n) is 3.76. The van der Waals surface area contributed by atoms with Gasteiger partial charge in [-0.25, -0.2) is 9.48 Å². The number of aryl methyl sites for hydroxylation is 1. The summed E-state index contributed by atoms with van der Waals surface area (Å²) in [5.41, 5.74) is 2.06. The number of aromatic nitrogens is 2. The van der Waals surface area contributed by atoms with Crippen molar-refractivity contribution >= 4 is 16.7 Å². The van der Waals surface area contributed by atoms with Gasteiger partial charge in [-0.3, -0.25) is 4.79 Å². The quantitative estimate of drug-likeness (QED) is 0.698. The second-order valence-corrected chi connectivity index (χ2v) is 5.28. The predicted octanol–water partition coefficient (Wildman–Crippen LogP) is 2.54. The number of esters is 1. The Bertz CT molecular complexity index is 927. The van der Waals surface area contributed by atoms with Crippen molar-refractivity contribution in [3.63, 3.8) is 0 Å². The largest absolute Gasteiger partial charge is 0.465 e. The van der Waals surface area contributed by atoms with Gasteiger partial charge < -0.3 is 4.74 Å². The van der Waals surface area contributed by atoms with Crippen LogP contribution in [0.2, 0.25) is 0 Å². The Morgan fingerprint density at radius 2 is 1.74 bits per heavy atom. The fourth-order valence-corrected chi connectivity index (χ4v) is 2.55. The maximum Gasteiger partial charge on any atom is 0.337 e. The van der Waals surface area contributed by atoms with E-state index in [-0.39, 0.29) is 11.5 Å². The molecular weight excluding hydrogens is 292 g/mol. The van der Waals surface area contributed by atoms with Gasteiger partial charge in [0, 0.05) is 5.39 Å². The number of rotatable bonds is 3. The van der Waals surface area contributed by atoms with Crippen molar-refractivity contribution in [3.05, 3.63) is 75.7 Å². The molecule has 23 heavy (non-hydrogen) atoms. The normalized spacial score (nSPS) is 10.7. The van der Waals surface area contributed by atoms with E-state index < -0.39 is 0 Å². The second-order valence-electron chi connectivity index (χ2n) is 5.28. The molecule has 0 bridgehead atoms. The highest BCUT2D eigenvalue weighted by atomic mass is 16.5. The van der Waals surface area contributed by atoms with Gasteiger partial charge in [0.05, 0.1) is 30.3 Å². The Morgan fingerprint density at radius 3 is 2.39 bits per heavy atom. The zero-order chi connectivity index (χ0) is 16.4. The molecular formula is C18H16N2O3. The van der Waals surface area contributed by atoms with Crippen LogP contribution in [0.5, 0.6) is 0 Å². The van der Waals surface area contributed by atoms with E-state index in [0.717, 1.165) is 16.6 Å². The topological polar surface area (TPSA) is 61.2 Å². The van der Waals surface area contributed by atoms with E-state index in [1.807, 2.05) is 31.2 Å². The van der Waals surface area contributed by atoms with E-state index >= 15 is 0 Å². The molecule has 3 rings (SSSR count). The molecule has 1 heterocycles. The third-order valence-corrected chi connectivity index (χ3v) is 3.76. The van der Waals surface area contributed by atoms with Crippen molar-refractivity contribution in [2.75, 3.05) is 7.11 Å². The number of hydrogen-bond donors (Lipinski definition) is 0. The fraction of sp³-hybridized carbons (Fsp3) is 0.167. The Balaban J connectivity index is 1.97. The first-order valence-corrected chi connectivity index (χ1v) is 7.24. The Hall–Kier alpha value is -2.95. The van der Waals surface area contributed by atoms with Crippen LogP contribution >= 0.6 is 0 Å². The molecule has 0 radical (unpaired) electrons. The van der Waals surface area contributed by atoms with Gasteiger partial charge in [-0.2, -0.15) is 5.10 Å². The Labute approximate surface area is 133 Å². The highest BCUT2D eigenvalue weighted by molar-refractivity contribution is 5.89. The Kier molecular flexibility index (Phi) is 3.93.